The number of halogens is 1. The number of benzene rings is 1. The van der Waals surface area contributed by atoms with Crippen molar-refractivity contribution in [3.63, 3.8) is 0 Å². The van der Waals surface area contributed by atoms with Crippen LogP contribution in [0.1, 0.15) is 19.8 Å². The monoisotopic (exact) mass is 314 g/mol. The average Bonchev–Trinajstić information content (AvgIpc) is 2.98. The minimum absolute atomic E-state index is 0. The Labute approximate surface area is 131 Å². The molecule has 21 heavy (non-hydrogen) atoms. The molecule has 6 heteroatoms. The number of amides is 1. The molecule has 2 N–H and O–H groups in total. The van der Waals surface area contributed by atoms with Gasteiger partial charge in [0.15, 0.2) is 18.1 Å². The number of rotatable bonds is 7. The number of nitrogens with one attached hydrogen (secondary N) is 2. The Morgan fingerprint density at radius 1 is 1.33 bits per heavy atom. The second-order valence-electron chi connectivity index (χ2n) is 4.77. The molecule has 1 amide bonds. The first-order valence-electron chi connectivity index (χ1n) is 7.14. The summed E-state index contributed by atoms with van der Waals surface area (Å²) in [4.78, 5) is 11.7. The fourth-order valence-electron chi connectivity index (χ4n) is 2.21. The predicted molar refractivity (Wildman–Crippen MR) is 84.4 cm³/mol. The molecule has 1 aliphatic heterocycles. The van der Waals surface area contributed by atoms with Crippen LogP contribution >= 0.6 is 12.4 Å². The van der Waals surface area contributed by atoms with Crippen molar-refractivity contribution in [2.45, 2.75) is 25.8 Å². The zero-order valence-electron chi connectivity index (χ0n) is 12.3. The van der Waals surface area contributed by atoms with Crippen molar-refractivity contribution in [1.29, 1.82) is 0 Å². The zero-order valence-corrected chi connectivity index (χ0v) is 13.1. The lowest BCUT2D eigenvalue weighted by atomic mass is 10.2. The van der Waals surface area contributed by atoms with Gasteiger partial charge in [-0.15, -0.1) is 12.4 Å². The van der Waals surface area contributed by atoms with E-state index in [2.05, 4.69) is 10.6 Å². The van der Waals surface area contributed by atoms with E-state index < -0.39 is 0 Å². The van der Waals surface area contributed by atoms with Crippen LogP contribution in [0.25, 0.3) is 0 Å². The van der Waals surface area contributed by atoms with Crippen molar-refractivity contribution < 1.29 is 14.3 Å². The van der Waals surface area contributed by atoms with Crippen LogP contribution in [0.3, 0.4) is 0 Å². The summed E-state index contributed by atoms with van der Waals surface area (Å²) >= 11 is 0. The first-order chi connectivity index (χ1) is 9.79. The Morgan fingerprint density at radius 3 is 2.67 bits per heavy atom. The van der Waals surface area contributed by atoms with Gasteiger partial charge in [-0.1, -0.05) is 12.1 Å². The van der Waals surface area contributed by atoms with E-state index in [1.54, 1.807) is 6.07 Å². The fourth-order valence-corrected chi connectivity index (χ4v) is 2.21. The van der Waals surface area contributed by atoms with Crippen molar-refractivity contribution in [2.75, 3.05) is 26.3 Å². The fraction of sp³-hybridized carbons (Fsp3) is 0.533. The van der Waals surface area contributed by atoms with Crippen molar-refractivity contribution in [3.05, 3.63) is 24.3 Å². The van der Waals surface area contributed by atoms with E-state index in [-0.39, 0.29) is 24.9 Å². The molecule has 0 radical (unpaired) electrons. The van der Waals surface area contributed by atoms with E-state index in [1.165, 1.54) is 6.42 Å². The number of carbonyl (C=O) groups excluding carboxylic acids is 1. The van der Waals surface area contributed by atoms with Crippen LogP contribution in [-0.2, 0) is 4.79 Å². The Balaban J connectivity index is 0.00000220. The zero-order chi connectivity index (χ0) is 14.2. The summed E-state index contributed by atoms with van der Waals surface area (Å²) in [5.41, 5.74) is 0. The molecule has 1 unspecified atom stereocenters. The second-order valence-corrected chi connectivity index (χ2v) is 4.77. The third kappa shape index (κ3) is 5.81. The molecular weight excluding hydrogens is 292 g/mol. The molecule has 1 heterocycles. The van der Waals surface area contributed by atoms with Crippen molar-refractivity contribution in [1.82, 2.24) is 10.6 Å². The normalized spacial score (nSPS) is 16.9. The van der Waals surface area contributed by atoms with Gasteiger partial charge in [0.2, 0.25) is 0 Å². The first-order valence-corrected chi connectivity index (χ1v) is 7.14. The van der Waals surface area contributed by atoms with Gasteiger partial charge in [-0.3, -0.25) is 4.79 Å². The largest absolute Gasteiger partial charge is 0.490 e. The molecule has 1 aromatic rings. The summed E-state index contributed by atoms with van der Waals surface area (Å²) in [7, 11) is 0. The molecule has 0 bridgehead atoms. The van der Waals surface area contributed by atoms with E-state index in [4.69, 9.17) is 9.47 Å². The predicted octanol–water partition coefficient (Wildman–Crippen LogP) is 1.75. The minimum Gasteiger partial charge on any atom is -0.490 e. The van der Waals surface area contributed by atoms with Gasteiger partial charge < -0.3 is 20.1 Å². The smallest absolute Gasteiger partial charge is 0.257 e. The van der Waals surface area contributed by atoms with Gasteiger partial charge in [-0.2, -0.15) is 0 Å². The lowest BCUT2D eigenvalue weighted by Gasteiger charge is -2.13. The standard InChI is InChI=1S/C15H22N2O3.ClH/c1-2-19-13-7-3-4-8-14(13)20-11-15(18)17-10-12-6-5-9-16-12;/h3-4,7-8,12,16H,2,5-6,9-11H2,1H3,(H,17,18);1H. The minimum atomic E-state index is -0.106. The van der Waals surface area contributed by atoms with E-state index in [9.17, 15) is 4.79 Å². The summed E-state index contributed by atoms with van der Waals surface area (Å²) in [6.07, 6.45) is 2.30. The summed E-state index contributed by atoms with van der Waals surface area (Å²) in [6.45, 7) is 4.20. The number of para-hydroxylation sites is 2. The number of ether oxygens (including phenoxy) is 2. The maximum absolute atomic E-state index is 11.7. The number of hydrogen-bond acceptors (Lipinski definition) is 4. The molecule has 2 rings (SSSR count). The molecule has 0 aliphatic carbocycles. The molecule has 1 aliphatic rings. The first kappa shape index (κ1) is 17.6. The highest BCUT2D eigenvalue weighted by Gasteiger charge is 2.15. The van der Waals surface area contributed by atoms with Crippen LogP contribution < -0.4 is 20.1 Å². The number of hydrogen-bond donors (Lipinski definition) is 2. The lowest BCUT2D eigenvalue weighted by molar-refractivity contribution is -0.123. The lowest BCUT2D eigenvalue weighted by Crippen LogP contribution is -2.39. The van der Waals surface area contributed by atoms with Gasteiger partial charge in [-0.05, 0) is 38.4 Å². The Morgan fingerprint density at radius 2 is 2.05 bits per heavy atom. The maximum atomic E-state index is 11.7. The van der Waals surface area contributed by atoms with Crippen molar-refractivity contribution in [2.24, 2.45) is 0 Å². The third-order valence-corrected chi connectivity index (χ3v) is 3.22. The molecule has 5 nitrogen and oxygen atoms in total. The van der Waals surface area contributed by atoms with E-state index >= 15 is 0 Å². The molecule has 1 saturated heterocycles. The molecule has 1 aromatic carbocycles. The third-order valence-electron chi connectivity index (χ3n) is 3.22. The highest BCUT2D eigenvalue weighted by molar-refractivity contribution is 5.85. The van der Waals surface area contributed by atoms with Crippen LogP contribution in [0.5, 0.6) is 11.5 Å². The highest BCUT2D eigenvalue weighted by Crippen LogP contribution is 2.26. The van der Waals surface area contributed by atoms with Crippen LogP contribution in [0.2, 0.25) is 0 Å². The number of carbonyl (C=O) groups is 1. The SMILES string of the molecule is CCOc1ccccc1OCC(=O)NCC1CCCN1.Cl. The van der Waals surface area contributed by atoms with Gasteiger partial charge in [-0.25, -0.2) is 0 Å². The molecule has 118 valence electrons. The molecular formula is C15H23ClN2O3. The topological polar surface area (TPSA) is 59.6 Å². The molecule has 0 aromatic heterocycles. The second kappa shape index (κ2) is 9.47. The Bertz CT molecular complexity index is 437. The summed E-state index contributed by atoms with van der Waals surface area (Å²) in [6, 6.07) is 7.77. The van der Waals surface area contributed by atoms with Gasteiger partial charge in [0.05, 0.1) is 6.61 Å². The van der Waals surface area contributed by atoms with E-state index in [0.717, 1.165) is 13.0 Å². The van der Waals surface area contributed by atoms with Crippen LogP contribution in [-0.4, -0.2) is 38.3 Å². The molecule has 0 saturated carbocycles. The Kier molecular flexibility index (Phi) is 7.93. The summed E-state index contributed by atoms with van der Waals surface area (Å²) in [5, 5.41) is 6.22. The Hall–Kier alpha value is -1.46. The van der Waals surface area contributed by atoms with E-state index in [1.807, 2.05) is 25.1 Å². The summed E-state index contributed by atoms with van der Waals surface area (Å²) < 4.78 is 11.0. The van der Waals surface area contributed by atoms with Crippen molar-refractivity contribution in [3.8, 4) is 11.5 Å². The van der Waals surface area contributed by atoms with E-state index in [0.29, 0.717) is 30.7 Å². The highest BCUT2D eigenvalue weighted by atomic mass is 35.5. The van der Waals surface area contributed by atoms with Gasteiger partial charge >= 0.3 is 0 Å². The average molecular weight is 315 g/mol. The molecule has 0 spiro atoms. The quantitative estimate of drug-likeness (QED) is 0.805. The summed E-state index contributed by atoms with van der Waals surface area (Å²) in [5.74, 6) is 1.16. The van der Waals surface area contributed by atoms with Crippen LogP contribution in [0.15, 0.2) is 24.3 Å². The molecule has 1 atom stereocenters. The van der Waals surface area contributed by atoms with Gasteiger partial charge in [0, 0.05) is 12.6 Å². The van der Waals surface area contributed by atoms with Crippen molar-refractivity contribution >= 4 is 18.3 Å². The van der Waals surface area contributed by atoms with Gasteiger partial charge in [0.1, 0.15) is 0 Å². The molecule has 1 fully saturated rings. The van der Waals surface area contributed by atoms with Crippen LogP contribution in [0.4, 0.5) is 0 Å². The maximum Gasteiger partial charge on any atom is 0.257 e. The van der Waals surface area contributed by atoms with Crippen LogP contribution in [0, 0.1) is 0 Å². The van der Waals surface area contributed by atoms with Gasteiger partial charge in [0.25, 0.3) is 5.91 Å².